The highest BCUT2D eigenvalue weighted by molar-refractivity contribution is 6.39. The van der Waals surface area contributed by atoms with E-state index in [1.807, 2.05) is 0 Å². The van der Waals surface area contributed by atoms with Gasteiger partial charge in [0.2, 0.25) is 0 Å². The average Bonchev–Trinajstić information content (AvgIpc) is 2.16. The zero-order chi connectivity index (χ0) is 10.3. The molecule has 1 unspecified atom stereocenters. The number of carbonyl (C=O) groups excluding carboxylic acids is 1. The van der Waals surface area contributed by atoms with Gasteiger partial charge >= 0.3 is 0 Å². The topological polar surface area (TPSA) is 29.4 Å². The fourth-order valence-corrected chi connectivity index (χ4v) is 1.84. The van der Waals surface area contributed by atoms with Gasteiger partial charge in [-0.2, -0.15) is 0 Å². The first-order chi connectivity index (χ1) is 6.61. The number of ketones is 1. The molecule has 1 aliphatic rings. The Morgan fingerprint density at radius 1 is 1.29 bits per heavy atom. The molecule has 2 rings (SSSR count). The van der Waals surface area contributed by atoms with Gasteiger partial charge in [0.1, 0.15) is 0 Å². The second-order valence-electron chi connectivity index (χ2n) is 3.18. The quantitative estimate of drug-likeness (QED) is 0.667. The van der Waals surface area contributed by atoms with E-state index in [9.17, 15) is 4.79 Å². The van der Waals surface area contributed by atoms with Crippen molar-refractivity contribution in [3.05, 3.63) is 27.7 Å². The Labute approximate surface area is 91.5 Å². The zero-order valence-corrected chi connectivity index (χ0v) is 8.93. The van der Waals surface area contributed by atoms with Gasteiger partial charge in [-0.3, -0.25) is 9.79 Å². The second kappa shape index (κ2) is 3.37. The Balaban J connectivity index is 2.73. The van der Waals surface area contributed by atoms with Crippen LogP contribution in [0.4, 0.5) is 5.69 Å². The maximum Gasteiger partial charge on any atom is 0.174 e. The van der Waals surface area contributed by atoms with E-state index in [4.69, 9.17) is 23.2 Å². The van der Waals surface area contributed by atoms with E-state index in [0.29, 0.717) is 21.3 Å². The number of carbonyl (C=O) groups is 1. The number of Topliss-reactive ketones (excluding diaryl/α,β-unsaturated/α-hetero) is 1. The van der Waals surface area contributed by atoms with Crippen LogP contribution in [0.1, 0.15) is 17.3 Å². The molecule has 0 N–H and O–H groups in total. The lowest BCUT2D eigenvalue weighted by molar-refractivity contribution is 0.0962. The predicted molar refractivity (Wildman–Crippen MR) is 58.1 cm³/mol. The first-order valence-corrected chi connectivity index (χ1v) is 4.93. The Morgan fingerprint density at radius 2 is 1.93 bits per heavy atom. The lowest BCUT2D eigenvalue weighted by Gasteiger charge is -2.15. The summed E-state index contributed by atoms with van der Waals surface area (Å²) in [7, 11) is 0. The number of rotatable bonds is 0. The van der Waals surface area contributed by atoms with Crippen LogP contribution in [-0.2, 0) is 0 Å². The zero-order valence-electron chi connectivity index (χ0n) is 7.42. The Morgan fingerprint density at radius 3 is 2.64 bits per heavy atom. The summed E-state index contributed by atoms with van der Waals surface area (Å²) < 4.78 is 0. The van der Waals surface area contributed by atoms with Gasteiger partial charge in [0.05, 0.1) is 27.2 Å². The number of nitrogens with zero attached hydrogens (tertiary/aromatic N) is 1. The van der Waals surface area contributed by atoms with Crippen molar-refractivity contribution in [2.45, 2.75) is 6.92 Å². The molecule has 14 heavy (non-hydrogen) atoms. The molecule has 1 atom stereocenters. The third kappa shape index (κ3) is 1.35. The molecular weight excluding hydrogens is 221 g/mol. The van der Waals surface area contributed by atoms with E-state index in [-0.39, 0.29) is 11.7 Å². The SMILES string of the molecule is CC1C=Nc2c(Cl)ccc(Cl)c2C1=O. The van der Waals surface area contributed by atoms with Gasteiger partial charge in [-0.1, -0.05) is 30.1 Å². The standard InChI is InChI=1S/C10H7Cl2NO/c1-5-4-13-9-7(12)3-2-6(11)8(9)10(5)14/h2-5H,1H3. The van der Waals surface area contributed by atoms with Crippen molar-refractivity contribution < 1.29 is 4.79 Å². The van der Waals surface area contributed by atoms with Crippen LogP contribution < -0.4 is 0 Å². The lowest BCUT2D eigenvalue weighted by Crippen LogP contribution is -2.16. The maximum absolute atomic E-state index is 11.8. The normalized spacial score (nSPS) is 19.6. The molecule has 0 aromatic heterocycles. The summed E-state index contributed by atoms with van der Waals surface area (Å²) in [6.07, 6.45) is 1.59. The minimum absolute atomic E-state index is 0.0255. The summed E-state index contributed by atoms with van der Waals surface area (Å²) in [5.74, 6) is -0.249. The van der Waals surface area contributed by atoms with Crippen LogP contribution in [-0.4, -0.2) is 12.0 Å². The van der Waals surface area contributed by atoms with Gasteiger partial charge < -0.3 is 0 Å². The van der Waals surface area contributed by atoms with Crippen molar-refractivity contribution in [2.75, 3.05) is 0 Å². The Bertz CT molecular complexity index is 440. The van der Waals surface area contributed by atoms with Crippen molar-refractivity contribution in [1.29, 1.82) is 0 Å². The van der Waals surface area contributed by atoms with Gasteiger partial charge in [0.25, 0.3) is 0 Å². The van der Waals surface area contributed by atoms with E-state index in [1.54, 1.807) is 25.3 Å². The molecule has 72 valence electrons. The Kier molecular flexibility index (Phi) is 2.33. The van der Waals surface area contributed by atoms with Gasteiger partial charge in [-0.05, 0) is 12.1 Å². The summed E-state index contributed by atoms with van der Waals surface area (Å²) in [6, 6.07) is 3.26. The highest BCUT2D eigenvalue weighted by Gasteiger charge is 2.25. The van der Waals surface area contributed by atoms with Crippen molar-refractivity contribution >= 4 is 40.9 Å². The number of aliphatic imine (C=N–C) groups is 1. The van der Waals surface area contributed by atoms with Crippen molar-refractivity contribution in [3.8, 4) is 0 Å². The Hall–Kier alpha value is -0.860. The van der Waals surface area contributed by atoms with Gasteiger partial charge in [0, 0.05) is 6.21 Å². The summed E-state index contributed by atoms with van der Waals surface area (Å²) in [6.45, 7) is 1.78. The molecule has 2 nitrogen and oxygen atoms in total. The van der Waals surface area contributed by atoms with Crippen LogP contribution in [0.5, 0.6) is 0 Å². The predicted octanol–water partition coefficient (Wildman–Crippen LogP) is 3.53. The summed E-state index contributed by atoms with van der Waals surface area (Å²) >= 11 is 11.8. The van der Waals surface area contributed by atoms with E-state index in [2.05, 4.69) is 4.99 Å². The molecule has 0 amide bonds. The molecule has 4 heteroatoms. The molecule has 0 spiro atoms. The molecule has 1 heterocycles. The van der Waals surface area contributed by atoms with Gasteiger partial charge in [-0.15, -0.1) is 0 Å². The number of halogens is 2. The van der Waals surface area contributed by atoms with Crippen LogP contribution >= 0.6 is 23.2 Å². The maximum atomic E-state index is 11.8. The third-order valence-electron chi connectivity index (χ3n) is 2.17. The molecule has 1 aromatic rings. The molecule has 0 saturated carbocycles. The number of hydrogen-bond donors (Lipinski definition) is 0. The van der Waals surface area contributed by atoms with Crippen LogP contribution in [0, 0.1) is 5.92 Å². The number of benzene rings is 1. The monoisotopic (exact) mass is 227 g/mol. The van der Waals surface area contributed by atoms with E-state index in [1.165, 1.54) is 0 Å². The molecule has 0 saturated heterocycles. The fraction of sp³-hybridized carbons (Fsp3) is 0.200. The minimum Gasteiger partial charge on any atom is -0.293 e. The lowest BCUT2D eigenvalue weighted by atomic mass is 9.96. The molecule has 0 aliphatic carbocycles. The largest absolute Gasteiger partial charge is 0.293 e. The van der Waals surface area contributed by atoms with Crippen LogP contribution in [0.25, 0.3) is 0 Å². The van der Waals surface area contributed by atoms with Gasteiger partial charge in [-0.25, -0.2) is 0 Å². The van der Waals surface area contributed by atoms with Gasteiger partial charge in [0.15, 0.2) is 5.78 Å². The minimum atomic E-state index is -0.224. The molecule has 0 radical (unpaired) electrons. The fourth-order valence-electron chi connectivity index (χ4n) is 1.38. The van der Waals surface area contributed by atoms with E-state index >= 15 is 0 Å². The van der Waals surface area contributed by atoms with Crippen LogP contribution in [0.3, 0.4) is 0 Å². The average molecular weight is 228 g/mol. The van der Waals surface area contributed by atoms with Crippen LogP contribution in [0.15, 0.2) is 17.1 Å². The smallest absolute Gasteiger partial charge is 0.174 e. The van der Waals surface area contributed by atoms with E-state index < -0.39 is 0 Å². The van der Waals surface area contributed by atoms with Crippen molar-refractivity contribution in [2.24, 2.45) is 10.9 Å². The summed E-state index contributed by atoms with van der Waals surface area (Å²) in [5.41, 5.74) is 0.927. The van der Waals surface area contributed by atoms with Crippen molar-refractivity contribution in [1.82, 2.24) is 0 Å². The summed E-state index contributed by atoms with van der Waals surface area (Å²) in [5, 5.41) is 0.874. The molecule has 0 fully saturated rings. The highest BCUT2D eigenvalue weighted by atomic mass is 35.5. The molecule has 0 bridgehead atoms. The number of hydrogen-bond acceptors (Lipinski definition) is 2. The van der Waals surface area contributed by atoms with E-state index in [0.717, 1.165) is 0 Å². The molecular formula is C10H7Cl2NO. The molecule has 1 aliphatic heterocycles. The first kappa shape index (κ1) is 9.69. The number of fused-ring (bicyclic) bond motifs is 1. The first-order valence-electron chi connectivity index (χ1n) is 4.17. The summed E-state index contributed by atoms with van der Waals surface area (Å²) in [4.78, 5) is 15.9. The van der Waals surface area contributed by atoms with Crippen molar-refractivity contribution in [3.63, 3.8) is 0 Å². The highest BCUT2D eigenvalue weighted by Crippen LogP contribution is 2.37. The third-order valence-corrected chi connectivity index (χ3v) is 2.79. The second-order valence-corrected chi connectivity index (χ2v) is 4.00. The van der Waals surface area contributed by atoms with Crippen LogP contribution in [0.2, 0.25) is 10.0 Å². The molecule has 1 aromatic carbocycles.